The van der Waals surface area contributed by atoms with Crippen LogP contribution in [-0.4, -0.2) is 35.1 Å². The van der Waals surface area contributed by atoms with E-state index in [9.17, 15) is 4.79 Å². The second-order valence-electron chi connectivity index (χ2n) is 5.41. The van der Waals surface area contributed by atoms with Gasteiger partial charge in [-0.15, -0.1) is 0 Å². The van der Waals surface area contributed by atoms with Crippen LogP contribution in [0.25, 0.3) is 0 Å². The van der Waals surface area contributed by atoms with Gasteiger partial charge >= 0.3 is 0 Å². The highest BCUT2D eigenvalue weighted by Gasteiger charge is 2.32. The van der Waals surface area contributed by atoms with Gasteiger partial charge in [0.05, 0.1) is 12.5 Å². The molecule has 2 heterocycles. The van der Waals surface area contributed by atoms with Crippen molar-refractivity contribution in [1.82, 2.24) is 15.5 Å². The number of carbonyl (C=O) groups excluding carboxylic acids is 1. The van der Waals surface area contributed by atoms with E-state index in [1.54, 1.807) is 4.90 Å². The molecular weight excluding hydrogens is 270 g/mol. The van der Waals surface area contributed by atoms with Crippen molar-refractivity contribution in [3.05, 3.63) is 35.9 Å². The first-order valence-electron chi connectivity index (χ1n) is 7.13. The third-order valence-corrected chi connectivity index (χ3v) is 4.33. The van der Waals surface area contributed by atoms with E-state index in [2.05, 4.69) is 10.6 Å². The van der Waals surface area contributed by atoms with Gasteiger partial charge in [-0.1, -0.05) is 30.3 Å². The second-order valence-corrected chi connectivity index (χ2v) is 5.80. The van der Waals surface area contributed by atoms with E-state index in [1.165, 1.54) is 6.42 Å². The molecule has 0 bridgehead atoms. The third kappa shape index (κ3) is 2.83. The van der Waals surface area contributed by atoms with Crippen LogP contribution in [0.2, 0.25) is 0 Å². The van der Waals surface area contributed by atoms with Crippen molar-refractivity contribution in [3.8, 4) is 0 Å². The van der Waals surface area contributed by atoms with Crippen LogP contribution in [0.4, 0.5) is 0 Å². The molecule has 1 aromatic rings. The van der Waals surface area contributed by atoms with Gasteiger partial charge in [0.15, 0.2) is 5.11 Å². The summed E-state index contributed by atoms with van der Waals surface area (Å²) in [6, 6.07) is 10.4. The Bertz CT molecular complexity index is 481. The number of nitrogens with one attached hydrogen (secondary N) is 2. The summed E-state index contributed by atoms with van der Waals surface area (Å²) in [5.74, 6) is 0.122. The van der Waals surface area contributed by atoms with E-state index >= 15 is 0 Å². The summed E-state index contributed by atoms with van der Waals surface area (Å²) in [5, 5.41) is 7.26. The summed E-state index contributed by atoms with van der Waals surface area (Å²) >= 11 is 5.38. The highest BCUT2D eigenvalue weighted by atomic mass is 32.1. The van der Waals surface area contributed by atoms with Crippen molar-refractivity contribution in [3.63, 3.8) is 0 Å². The average molecular weight is 289 g/mol. The molecule has 1 aromatic carbocycles. The van der Waals surface area contributed by atoms with Crippen molar-refractivity contribution in [2.24, 2.45) is 0 Å². The molecule has 0 spiro atoms. The molecule has 5 heteroatoms. The van der Waals surface area contributed by atoms with Crippen molar-refractivity contribution >= 4 is 23.2 Å². The van der Waals surface area contributed by atoms with Gasteiger partial charge in [-0.2, -0.15) is 0 Å². The van der Waals surface area contributed by atoms with Crippen molar-refractivity contribution in [2.45, 2.75) is 31.3 Å². The predicted molar refractivity (Wildman–Crippen MR) is 82.3 cm³/mol. The van der Waals surface area contributed by atoms with Crippen molar-refractivity contribution in [2.75, 3.05) is 13.1 Å². The standard InChI is InChI=1S/C15H19N3OS/c19-14-9-13(11-5-2-1-3-6-11)17-15(20)18(14)10-12-7-4-8-16-12/h1-3,5-6,12-13,16H,4,7-10H2,(H,17,20). The Morgan fingerprint density at radius 2 is 2.10 bits per heavy atom. The van der Waals surface area contributed by atoms with Crippen molar-refractivity contribution in [1.29, 1.82) is 0 Å². The highest BCUT2D eigenvalue weighted by Crippen LogP contribution is 2.23. The molecule has 20 heavy (non-hydrogen) atoms. The highest BCUT2D eigenvalue weighted by molar-refractivity contribution is 7.80. The third-order valence-electron chi connectivity index (χ3n) is 3.99. The van der Waals surface area contributed by atoms with Gasteiger partial charge in [0.1, 0.15) is 0 Å². The molecule has 4 nitrogen and oxygen atoms in total. The largest absolute Gasteiger partial charge is 0.355 e. The summed E-state index contributed by atoms with van der Waals surface area (Å²) in [4.78, 5) is 14.1. The number of hydrogen-bond acceptors (Lipinski definition) is 3. The van der Waals surface area contributed by atoms with Crippen molar-refractivity contribution < 1.29 is 4.79 Å². The molecule has 2 aliphatic heterocycles. The summed E-state index contributed by atoms with van der Waals surface area (Å²) in [5.41, 5.74) is 1.11. The SMILES string of the molecule is O=C1CC(c2ccccc2)NC(=S)N1CC1CCCN1. The van der Waals surface area contributed by atoms with Gasteiger partial charge < -0.3 is 10.6 Å². The van der Waals surface area contributed by atoms with Gasteiger partial charge in [0, 0.05) is 12.6 Å². The quantitative estimate of drug-likeness (QED) is 0.830. The zero-order valence-corrected chi connectivity index (χ0v) is 12.2. The van der Waals surface area contributed by atoms with Crippen LogP contribution in [-0.2, 0) is 4.79 Å². The fourth-order valence-corrected chi connectivity index (χ4v) is 3.20. The number of rotatable bonds is 3. The van der Waals surface area contributed by atoms with E-state index in [1.807, 2.05) is 30.3 Å². The molecule has 0 radical (unpaired) electrons. The molecule has 2 atom stereocenters. The van der Waals surface area contributed by atoms with Crippen LogP contribution in [0.3, 0.4) is 0 Å². The lowest BCUT2D eigenvalue weighted by atomic mass is 10.0. The normalized spacial score (nSPS) is 26.7. The number of benzene rings is 1. The fourth-order valence-electron chi connectivity index (χ4n) is 2.88. The number of amides is 1. The van der Waals surface area contributed by atoms with Gasteiger partial charge in [-0.05, 0) is 37.2 Å². The van der Waals surface area contributed by atoms with Crippen LogP contribution in [0.15, 0.2) is 30.3 Å². The molecule has 106 valence electrons. The first-order chi connectivity index (χ1) is 9.74. The molecule has 2 saturated heterocycles. The molecule has 1 amide bonds. The van der Waals surface area contributed by atoms with Crippen LogP contribution < -0.4 is 10.6 Å². The molecule has 0 aliphatic carbocycles. The summed E-state index contributed by atoms with van der Waals surface area (Å²) < 4.78 is 0. The summed E-state index contributed by atoms with van der Waals surface area (Å²) in [7, 11) is 0. The molecule has 2 N–H and O–H groups in total. The first-order valence-corrected chi connectivity index (χ1v) is 7.54. The fraction of sp³-hybridized carbons (Fsp3) is 0.467. The van der Waals surface area contributed by atoms with Crippen LogP contribution in [0, 0.1) is 0 Å². The molecule has 2 fully saturated rings. The Labute approximate surface area is 124 Å². The van der Waals surface area contributed by atoms with E-state index in [0.29, 0.717) is 24.1 Å². The van der Waals surface area contributed by atoms with E-state index in [4.69, 9.17) is 12.2 Å². The maximum Gasteiger partial charge on any atom is 0.231 e. The van der Waals surface area contributed by atoms with Crippen LogP contribution in [0.1, 0.15) is 30.9 Å². The topological polar surface area (TPSA) is 44.4 Å². The monoisotopic (exact) mass is 289 g/mol. The lowest BCUT2D eigenvalue weighted by Crippen LogP contribution is -2.54. The number of carbonyl (C=O) groups is 1. The van der Waals surface area contributed by atoms with Crippen LogP contribution in [0.5, 0.6) is 0 Å². The summed E-state index contributed by atoms with van der Waals surface area (Å²) in [6.45, 7) is 1.73. The van der Waals surface area contributed by atoms with Gasteiger partial charge in [0.25, 0.3) is 0 Å². The number of thiocarbonyl (C=S) groups is 1. The molecule has 2 aliphatic rings. The Morgan fingerprint density at radius 3 is 2.75 bits per heavy atom. The molecular formula is C15H19N3OS. The molecule has 2 unspecified atom stereocenters. The molecule has 0 saturated carbocycles. The molecule has 0 aromatic heterocycles. The maximum absolute atomic E-state index is 12.3. The smallest absolute Gasteiger partial charge is 0.231 e. The van der Waals surface area contributed by atoms with E-state index in [-0.39, 0.29) is 11.9 Å². The Morgan fingerprint density at radius 1 is 1.30 bits per heavy atom. The lowest BCUT2D eigenvalue weighted by Gasteiger charge is -2.35. The lowest BCUT2D eigenvalue weighted by molar-refractivity contribution is -0.129. The molecule has 3 rings (SSSR count). The second kappa shape index (κ2) is 5.89. The minimum Gasteiger partial charge on any atom is -0.355 e. The Kier molecular flexibility index (Phi) is 3.98. The summed E-state index contributed by atoms with van der Waals surface area (Å²) in [6.07, 6.45) is 2.77. The minimum absolute atomic E-state index is 0.00369. The van der Waals surface area contributed by atoms with Gasteiger partial charge in [0.2, 0.25) is 5.91 Å². The number of hydrogen-bond donors (Lipinski definition) is 2. The Hall–Kier alpha value is -1.46. The van der Waals surface area contributed by atoms with Gasteiger partial charge in [-0.25, -0.2) is 0 Å². The zero-order valence-electron chi connectivity index (χ0n) is 11.3. The first kappa shape index (κ1) is 13.5. The Balaban J connectivity index is 1.67. The number of nitrogens with zero attached hydrogens (tertiary/aromatic N) is 1. The van der Waals surface area contributed by atoms with E-state index in [0.717, 1.165) is 18.5 Å². The zero-order chi connectivity index (χ0) is 13.9. The maximum atomic E-state index is 12.3. The minimum atomic E-state index is 0.00369. The van der Waals surface area contributed by atoms with Gasteiger partial charge in [-0.3, -0.25) is 9.69 Å². The predicted octanol–water partition coefficient (Wildman–Crippen LogP) is 1.59. The average Bonchev–Trinajstić information content (AvgIpc) is 2.97. The van der Waals surface area contributed by atoms with E-state index < -0.39 is 0 Å². The van der Waals surface area contributed by atoms with Crippen LogP contribution >= 0.6 is 12.2 Å².